The number of anilines is 1. The largest absolute Gasteiger partial charge is 0.479 e. The van der Waals surface area contributed by atoms with Gasteiger partial charge in [-0.3, -0.25) is 4.79 Å². The van der Waals surface area contributed by atoms with Crippen LogP contribution < -0.4 is 10.1 Å². The molecular formula is C24H20Cl2N2O3. The fourth-order valence-corrected chi connectivity index (χ4v) is 3.55. The van der Waals surface area contributed by atoms with Gasteiger partial charge < -0.3 is 14.5 Å². The molecule has 1 atom stereocenters. The van der Waals surface area contributed by atoms with Gasteiger partial charge in [0.25, 0.3) is 5.91 Å². The average Bonchev–Trinajstić information content (AvgIpc) is 3.14. The van der Waals surface area contributed by atoms with Crippen molar-refractivity contribution in [2.45, 2.75) is 26.9 Å². The summed E-state index contributed by atoms with van der Waals surface area (Å²) in [6.07, 6.45) is -0.769. The van der Waals surface area contributed by atoms with Crippen LogP contribution in [0.1, 0.15) is 18.1 Å². The zero-order chi connectivity index (χ0) is 22.1. The van der Waals surface area contributed by atoms with Gasteiger partial charge in [-0.1, -0.05) is 35.3 Å². The van der Waals surface area contributed by atoms with Gasteiger partial charge in [-0.15, -0.1) is 0 Å². The fraction of sp³-hybridized carbons (Fsp3) is 0.167. The van der Waals surface area contributed by atoms with E-state index in [1.807, 2.05) is 50.2 Å². The zero-order valence-corrected chi connectivity index (χ0v) is 18.7. The van der Waals surface area contributed by atoms with Gasteiger partial charge >= 0.3 is 0 Å². The van der Waals surface area contributed by atoms with Crippen LogP contribution in [0.15, 0.2) is 59.0 Å². The maximum Gasteiger partial charge on any atom is 0.265 e. The van der Waals surface area contributed by atoms with E-state index in [0.29, 0.717) is 27.4 Å². The van der Waals surface area contributed by atoms with Gasteiger partial charge in [-0.25, -0.2) is 4.98 Å². The second-order valence-corrected chi connectivity index (χ2v) is 8.19. The Morgan fingerprint density at radius 3 is 2.65 bits per heavy atom. The normalized spacial score (nSPS) is 12.0. The third kappa shape index (κ3) is 4.68. The summed E-state index contributed by atoms with van der Waals surface area (Å²) < 4.78 is 11.6. The summed E-state index contributed by atoms with van der Waals surface area (Å²) in [5, 5.41) is 3.75. The first-order valence-corrected chi connectivity index (χ1v) is 10.5. The number of hydrogen-bond donors (Lipinski definition) is 1. The summed E-state index contributed by atoms with van der Waals surface area (Å²) in [7, 11) is 0. The molecule has 0 saturated carbocycles. The molecular weight excluding hydrogens is 435 g/mol. The lowest BCUT2D eigenvalue weighted by atomic mass is 10.1. The molecule has 3 aromatic carbocycles. The quantitative estimate of drug-likeness (QED) is 0.359. The van der Waals surface area contributed by atoms with Crippen LogP contribution >= 0.6 is 23.2 Å². The first-order valence-electron chi connectivity index (χ1n) is 9.71. The average molecular weight is 455 g/mol. The summed E-state index contributed by atoms with van der Waals surface area (Å²) in [4.78, 5) is 17.3. The number of benzene rings is 3. The molecule has 1 heterocycles. The van der Waals surface area contributed by atoms with Gasteiger partial charge in [0.15, 0.2) is 11.7 Å². The Kier molecular flexibility index (Phi) is 5.90. The monoisotopic (exact) mass is 454 g/mol. The molecule has 0 aliphatic rings. The van der Waals surface area contributed by atoms with Crippen molar-refractivity contribution in [2.75, 3.05) is 5.32 Å². The smallest absolute Gasteiger partial charge is 0.265 e. The van der Waals surface area contributed by atoms with Gasteiger partial charge in [0.2, 0.25) is 5.89 Å². The predicted octanol–water partition coefficient (Wildman–Crippen LogP) is 6.82. The Hall–Kier alpha value is -3.02. The second-order valence-electron chi connectivity index (χ2n) is 7.34. The van der Waals surface area contributed by atoms with E-state index in [2.05, 4.69) is 10.3 Å². The molecule has 0 radical (unpaired) electrons. The number of oxazole rings is 1. The van der Waals surface area contributed by atoms with Crippen LogP contribution in [0.3, 0.4) is 0 Å². The Morgan fingerprint density at radius 2 is 1.87 bits per heavy atom. The van der Waals surface area contributed by atoms with Crippen LogP contribution in [-0.4, -0.2) is 17.0 Å². The Morgan fingerprint density at radius 1 is 1.06 bits per heavy atom. The highest BCUT2D eigenvalue weighted by molar-refractivity contribution is 6.35. The van der Waals surface area contributed by atoms with E-state index < -0.39 is 6.10 Å². The van der Waals surface area contributed by atoms with Gasteiger partial charge in [-0.2, -0.15) is 0 Å². The van der Waals surface area contributed by atoms with Crippen molar-refractivity contribution >= 4 is 45.9 Å². The highest BCUT2D eigenvalue weighted by atomic mass is 35.5. The predicted molar refractivity (Wildman–Crippen MR) is 124 cm³/mol. The SMILES string of the molecule is Cc1ccc2nc(-c3ccc(C)c(NC(=O)C(C)Oc4ccc(Cl)cc4Cl)c3)oc2c1. The molecule has 158 valence electrons. The number of rotatable bonds is 5. The van der Waals surface area contributed by atoms with Crippen molar-refractivity contribution in [1.29, 1.82) is 0 Å². The minimum atomic E-state index is -0.769. The number of amides is 1. The van der Waals surface area contributed by atoms with Crippen molar-refractivity contribution < 1.29 is 13.9 Å². The summed E-state index contributed by atoms with van der Waals surface area (Å²) >= 11 is 12.0. The van der Waals surface area contributed by atoms with Crippen molar-refractivity contribution in [3.63, 3.8) is 0 Å². The van der Waals surface area contributed by atoms with Crippen LogP contribution in [-0.2, 0) is 4.79 Å². The molecule has 0 aliphatic heterocycles. The first-order chi connectivity index (χ1) is 14.8. The fourth-order valence-electron chi connectivity index (χ4n) is 3.09. The molecule has 1 aromatic heterocycles. The van der Waals surface area contributed by atoms with Crippen LogP contribution in [0.2, 0.25) is 10.0 Å². The Balaban J connectivity index is 1.54. The number of carbonyl (C=O) groups is 1. The summed E-state index contributed by atoms with van der Waals surface area (Å²) in [6, 6.07) is 16.4. The number of nitrogens with one attached hydrogen (secondary N) is 1. The maximum atomic E-state index is 12.7. The van der Waals surface area contributed by atoms with E-state index in [1.54, 1.807) is 25.1 Å². The molecule has 4 aromatic rings. The molecule has 0 fully saturated rings. The van der Waals surface area contributed by atoms with E-state index in [0.717, 1.165) is 27.8 Å². The highest BCUT2D eigenvalue weighted by Gasteiger charge is 2.18. The number of halogens is 2. The summed E-state index contributed by atoms with van der Waals surface area (Å²) in [5.41, 5.74) is 4.93. The van der Waals surface area contributed by atoms with Gasteiger partial charge in [0.1, 0.15) is 11.3 Å². The van der Waals surface area contributed by atoms with E-state index in [4.69, 9.17) is 32.4 Å². The topological polar surface area (TPSA) is 64.4 Å². The standard InChI is InChI=1S/C24H20Cl2N2O3/c1-13-4-8-19-22(10-13)31-24(28-19)16-6-5-14(2)20(11-16)27-23(29)15(3)30-21-9-7-17(25)12-18(21)26/h4-12,15H,1-3H3,(H,27,29). The third-order valence-corrected chi connectivity index (χ3v) is 5.38. The number of carbonyl (C=O) groups excluding carboxylic acids is 1. The number of fused-ring (bicyclic) bond motifs is 1. The molecule has 1 amide bonds. The maximum absolute atomic E-state index is 12.7. The van der Waals surface area contributed by atoms with Crippen LogP contribution in [0.25, 0.3) is 22.6 Å². The Bertz CT molecular complexity index is 1280. The molecule has 31 heavy (non-hydrogen) atoms. The van der Waals surface area contributed by atoms with E-state index in [-0.39, 0.29) is 5.91 Å². The summed E-state index contributed by atoms with van der Waals surface area (Å²) in [6.45, 7) is 5.57. The highest BCUT2D eigenvalue weighted by Crippen LogP contribution is 2.30. The molecule has 0 spiro atoms. The lowest BCUT2D eigenvalue weighted by Crippen LogP contribution is -2.30. The third-order valence-electron chi connectivity index (χ3n) is 4.85. The van der Waals surface area contributed by atoms with E-state index in [9.17, 15) is 4.79 Å². The van der Waals surface area contributed by atoms with E-state index in [1.165, 1.54) is 0 Å². The van der Waals surface area contributed by atoms with Gasteiger partial charge in [0.05, 0.1) is 5.02 Å². The van der Waals surface area contributed by atoms with Crippen LogP contribution in [0, 0.1) is 13.8 Å². The molecule has 1 unspecified atom stereocenters. The van der Waals surface area contributed by atoms with Crippen molar-refractivity contribution in [3.05, 3.63) is 75.8 Å². The number of aromatic nitrogens is 1. The molecule has 4 rings (SSSR count). The molecule has 1 N–H and O–H groups in total. The van der Waals surface area contributed by atoms with E-state index >= 15 is 0 Å². The van der Waals surface area contributed by atoms with Crippen molar-refractivity contribution in [1.82, 2.24) is 4.98 Å². The number of ether oxygens (including phenoxy) is 1. The van der Waals surface area contributed by atoms with Crippen LogP contribution in [0.4, 0.5) is 5.69 Å². The minimum absolute atomic E-state index is 0.306. The van der Waals surface area contributed by atoms with Crippen molar-refractivity contribution in [2.24, 2.45) is 0 Å². The number of nitrogens with zero attached hydrogens (tertiary/aromatic N) is 1. The summed E-state index contributed by atoms with van der Waals surface area (Å²) in [5.74, 6) is 0.578. The molecule has 7 heteroatoms. The number of aryl methyl sites for hydroxylation is 2. The number of hydrogen-bond acceptors (Lipinski definition) is 4. The van der Waals surface area contributed by atoms with Crippen LogP contribution in [0.5, 0.6) is 5.75 Å². The molecule has 0 bridgehead atoms. The second kappa shape index (κ2) is 8.61. The lowest BCUT2D eigenvalue weighted by Gasteiger charge is -2.17. The zero-order valence-electron chi connectivity index (χ0n) is 17.2. The van der Waals surface area contributed by atoms with Gasteiger partial charge in [0, 0.05) is 16.3 Å². The Labute approximate surface area is 189 Å². The molecule has 0 saturated heterocycles. The first kappa shape index (κ1) is 21.2. The lowest BCUT2D eigenvalue weighted by molar-refractivity contribution is -0.122. The van der Waals surface area contributed by atoms with Gasteiger partial charge in [-0.05, 0) is 74.4 Å². The molecule has 5 nitrogen and oxygen atoms in total. The van der Waals surface area contributed by atoms with Crippen molar-refractivity contribution in [3.8, 4) is 17.2 Å². The minimum Gasteiger partial charge on any atom is -0.479 e. The molecule has 0 aliphatic carbocycles.